The highest BCUT2D eigenvalue weighted by atomic mass is 79.9. The van der Waals surface area contributed by atoms with Crippen LogP contribution in [-0.4, -0.2) is 4.99 Å². The zero-order valence-electron chi connectivity index (χ0n) is 9.05. The van der Waals surface area contributed by atoms with Gasteiger partial charge in [0.1, 0.15) is 0 Å². The molecular formula is C13H14BrNS. The summed E-state index contributed by atoms with van der Waals surface area (Å²) >= 11 is 9.14. The number of halogens is 1. The van der Waals surface area contributed by atoms with Gasteiger partial charge in [-0.2, -0.15) is 0 Å². The van der Waals surface area contributed by atoms with Gasteiger partial charge in [-0.1, -0.05) is 47.4 Å². The zero-order valence-corrected chi connectivity index (χ0v) is 11.5. The Morgan fingerprint density at radius 2 is 1.94 bits per heavy atom. The summed E-state index contributed by atoms with van der Waals surface area (Å²) in [6.45, 7) is 0. The number of benzene rings is 1. The van der Waals surface area contributed by atoms with Crippen molar-refractivity contribution in [2.75, 3.05) is 5.32 Å². The average molecular weight is 296 g/mol. The lowest BCUT2D eigenvalue weighted by molar-refractivity contribution is 0.389. The zero-order chi connectivity index (χ0) is 11.2. The highest BCUT2D eigenvalue weighted by molar-refractivity contribution is 9.10. The summed E-state index contributed by atoms with van der Waals surface area (Å²) in [5, 5.41) is 3.40. The van der Waals surface area contributed by atoms with E-state index in [-0.39, 0.29) is 5.41 Å². The molecule has 0 saturated heterocycles. The summed E-state index contributed by atoms with van der Waals surface area (Å²) in [6, 6.07) is 6.46. The van der Waals surface area contributed by atoms with Crippen molar-refractivity contribution in [2.24, 2.45) is 0 Å². The van der Waals surface area contributed by atoms with Crippen molar-refractivity contribution in [2.45, 2.75) is 37.5 Å². The number of fused-ring (bicyclic) bond motifs is 2. The fraction of sp³-hybridized carbons (Fsp3) is 0.462. The van der Waals surface area contributed by atoms with Crippen LogP contribution in [0.15, 0.2) is 22.7 Å². The first-order valence-electron chi connectivity index (χ1n) is 5.84. The predicted octanol–water partition coefficient (Wildman–Crippen LogP) is 4.40. The molecule has 16 heavy (non-hydrogen) atoms. The molecule has 0 bridgehead atoms. The second kappa shape index (κ2) is 3.81. The lowest BCUT2D eigenvalue weighted by atomic mass is 9.71. The molecule has 1 saturated carbocycles. The lowest BCUT2D eigenvalue weighted by Crippen LogP contribution is -2.35. The van der Waals surface area contributed by atoms with E-state index in [1.165, 1.54) is 43.4 Å². The van der Waals surface area contributed by atoms with Gasteiger partial charge in [0.2, 0.25) is 0 Å². The van der Waals surface area contributed by atoms with Crippen LogP contribution in [0.2, 0.25) is 0 Å². The number of rotatable bonds is 0. The minimum Gasteiger partial charge on any atom is -0.349 e. The molecule has 1 aliphatic heterocycles. The fourth-order valence-electron chi connectivity index (χ4n) is 3.04. The van der Waals surface area contributed by atoms with Crippen molar-refractivity contribution in [3.05, 3.63) is 28.2 Å². The standard InChI is InChI=1S/C13H14BrNS/c14-9-4-5-11-10(8-9)13(12(16)15-11)6-2-1-3-7-13/h4-5,8H,1-3,6-7H2,(H,15,16). The topological polar surface area (TPSA) is 12.0 Å². The molecule has 84 valence electrons. The van der Waals surface area contributed by atoms with Crippen LogP contribution in [-0.2, 0) is 5.41 Å². The molecule has 1 aromatic rings. The first-order valence-corrected chi connectivity index (χ1v) is 7.04. The smallest absolute Gasteiger partial charge is 0.0905 e. The average Bonchev–Trinajstić information content (AvgIpc) is 2.55. The third-order valence-electron chi connectivity index (χ3n) is 3.89. The maximum Gasteiger partial charge on any atom is 0.0905 e. The maximum atomic E-state index is 5.57. The fourth-order valence-corrected chi connectivity index (χ4v) is 3.82. The molecule has 0 amide bonds. The number of hydrogen-bond donors (Lipinski definition) is 1. The van der Waals surface area contributed by atoms with E-state index in [9.17, 15) is 0 Å². The Morgan fingerprint density at radius 1 is 1.19 bits per heavy atom. The van der Waals surface area contributed by atoms with Crippen LogP contribution in [0.4, 0.5) is 5.69 Å². The van der Waals surface area contributed by atoms with Crippen molar-refractivity contribution in [3.8, 4) is 0 Å². The van der Waals surface area contributed by atoms with Crippen molar-refractivity contribution < 1.29 is 0 Å². The Morgan fingerprint density at radius 3 is 2.69 bits per heavy atom. The van der Waals surface area contributed by atoms with Crippen molar-refractivity contribution in [3.63, 3.8) is 0 Å². The van der Waals surface area contributed by atoms with Gasteiger partial charge in [-0.15, -0.1) is 0 Å². The van der Waals surface area contributed by atoms with Gasteiger partial charge in [0.15, 0.2) is 0 Å². The molecule has 0 unspecified atom stereocenters. The minimum atomic E-state index is 0.146. The molecule has 1 spiro atoms. The van der Waals surface area contributed by atoms with E-state index >= 15 is 0 Å². The van der Waals surface area contributed by atoms with Crippen LogP contribution in [0.5, 0.6) is 0 Å². The van der Waals surface area contributed by atoms with Gasteiger partial charge in [0.05, 0.1) is 4.99 Å². The molecule has 0 radical (unpaired) electrons. The van der Waals surface area contributed by atoms with Crippen molar-refractivity contribution in [1.82, 2.24) is 0 Å². The molecule has 1 heterocycles. The van der Waals surface area contributed by atoms with E-state index in [0.717, 1.165) is 9.46 Å². The molecule has 3 rings (SSSR count). The van der Waals surface area contributed by atoms with Crippen LogP contribution >= 0.6 is 28.1 Å². The molecule has 3 heteroatoms. The Labute approximate surface area is 110 Å². The third-order valence-corrected chi connectivity index (χ3v) is 4.87. The number of anilines is 1. The van der Waals surface area contributed by atoms with Crippen LogP contribution in [0.3, 0.4) is 0 Å². The van der Waals surface area contributed by atoms with Crippen molar-refractivity contribution >= 4 is 38.8 Å². The molecule has 1 fully saturated rings. The van der Waals surface area contributed by atoms with E-state index in [4.69, 9.17) is 12.2 Å². The molecule has 1 N–H and O–H groups in total. The van der Waals surface area contributed by atoms with Gasteiger partial charge in [0, 0.05) is 15.6 Å². The second-order valence-corrected chi connectivity index (χ2v) is 6.11. The van der Waals surface area contributed by atoms with Crippen molar-refractivity contribution in [1.29, 1.82) is 0 Å². The van der Waals surface area contributed by atoms with Crippen LogP contribution in [0.1, 0.15) is 37.7 Å². The summed E-state index contributed by atoms with van der Waals surface area (Å²) < 4.78 is 1.16. The van der Waals surface area contributed by atoms with Gasteiger partial charge in [-0.3, -0.25) is 0 Å². The molecular weight excluding hydrogens is 282 g/mol. The summed E-state index contributed by atoms with van der Waals surface area (Å²) in [5.74, 6) is 0. The first-order chi connectivity index (χ1) is 7.72. The van der Waals surface area contributed by atoms with E-state index in [1.807, 2.05) is 0 Å². The molecule has 0 aromatic heterocycles. The van der Waals surface area contributed by atoms with Gasteiger partial charge in [-0.05, 0) is 36.6 Å². The van der Waals surface area contributed by atoms with E-state index in [0.29, 0.717) is 0 Å². The van der Waals surface area contributed by atoms with E-state index < -0.39 is 0 Å². The van der Waals surface area contributed by atoms with E-state index in [1.54, 1.807) is 0 Å². The minimum absolute atomic E-state index is 0.146. The highest BCUT2D eigenvalue weighted by Gasteiger charge is 2.44. The van der Waals surface area contributed by atoms with Gasteiger partial charge in [0.25, 0.3) is 0 Å². The van der Waals surface area contributed by atoms with Gasteiger partial charge >= 0.3 is 0 Å². The van der Waals surface area contributed by atoms with Gasteiger partial charge < -0.3 is 5.32 Å². The normalized spacial score (nSPS) is 21.9. The SMILES string of the molecule is S=C1Nc2ccc(Br)cc2C12CCCCC2. The van der Waals surface area contributed by atoms with Crippen LogP contribution < -0.4 is 5.32 Å². The number of hydrogen-bond acceptors (Lipinski definition) is 1. The summed E-state index contributed by atoms with van der Waals surface area (Å²) in [4.78, 5) is 1.04. The lowest BCUT2D eigenvalue weighted by Gasteiger charge is -2.33. The summed E-state index contributed by atoms with van der Waals surface area (Å²) in [5.41, 5.74) is 2.77. The molecule has 1 aromatic carbocycles. The monoisotopic (exact) mass is 295 g/mol. The van der Waals surface area contributed by atoms with Crippen LogP contribution in [0.25, 0.3) is 0 Å². The van der Waals surface area contributed by atoms with Gasteiger partial charge in [-0.25, -0.2) is 0 Å². The second-order valence-electron chi connectivity index (χ2n) is 4.79. The first kappa shape index (κ1) is 10.7. The quantitative estimate of drug-likeness (QED) is 0.712. The molecule has 1 nitrogen and oxygen atoms in total. The Bertz CT molecular complexity index is 449. The number of thiocarbonyl (C=S) groups is 1. The largest absolute Gasteiger partial charge is 0.349 e. The Balaban J connectivity index is 2.13. The summed E-state index contributed by atoms with van der Waals surface area (Å²) in [7, 11) is 0. The maximum absolute atomic E-state index is 5.57. The molecule has 1 aliphatic carbocycles. The molecule has 2 aliphatic rings. The van der Waals surface area contributed by atoms with E-state index in [2.05, 4.69) is 39.4 Å². The third kappa shape index (κ3) is 1.45. The van der Waals surface area contributed by atoms with Crippen LogP contribution in [0, 0.1) is 0 Å². The summed E-state index contributed by atoms with van der Waals surface area (Å²) in [6.07, 6.45) is 6.37. The molecule has 0 atom stereocenters. The number of nitrogens with one attached hydrogen (secondary N) is 1. The Kier molecular flexibility index (Phi) is 2.55. The highest BCUT2D eigenvalue weighted by Crippen LogP contribution is 2.48. The Hall–Kier alpha value is -0.410. The predicted molar refractivity (Wildman–Crippen MR) is 75.1 cm³/mol.